The molecule has 2 rings (SSSR count). The number of anilines is 1. The summed E-state index contributed by atoms with van der Waals surface area (Å²) in [5.41, 5.74) is 2.31. The predicted molar refractivity (Wildman–Crippen MR) is 126 cm³/mol. The zero-order valence-corrected chi connectivity index (χ0v) is 20.5. The van der Waals surface area contributed by atoms with Crippen LogP contribution in [-0.2, 0) is 26.2 Å². The smallest absolute Gasteiger partial charge is 0.244 e. The highest BCUT2D eigenvalue weighted by atomic mass is 79.9. The van der Waals surface area contributed by atoms with Gasteiger partial charge in [0, 0.05) is 17.6 Å². The molecule has 1 N–H and O–H groups in total. The van der Waals surface area contributed by atoms with Crippen molar-refractivity contribution in [3.63, 3.8) is 0 Å². The molecule has 0 spiro atoms. The second-order valence-electron chi connectivity index (χ2n) is 7.32. The number of sulfonamides is 1. The van der Waals surface area contributed by atoms with Crippen molar-refractivity contribution in [2.45, 2.75) is 33.4 Å². The van der Waals surface area contributed by atoms with E-state index in [0.29, 0.717) is 12.2 Å². The van der Waals surface area contributed by atoms with E-state index in [1.807, 2.05) is 31.2 Å². The monoisotopic (exact) mass is 509 g/mol. The van der Waals surface area contributed by atoms with Crippen molar-refractivity contribution >= 4 is 43.5 Å². The summed E-state index contributed by atoms with van der Waals surface area (Å²) in [4.78, 5) is 27.2. The Morgan fingerprint density at radius 1 is 1.06 bits per heavy atom. The zero-order valence-electron chi connectivity index (χ0n) is 18.1. The molecule has 7 nitrogen and oxygen atoms in total. The Balaban J connectivity index is 2.35. The maximum absolute atomic E-state index is 13.3. The van der Waals surface area contributed by atoms with E-state index in [1.54, 1.807) is 38.1 Å². The molecule has 2 amide bonds. The Labute approximate surface area is 192 Å². The van der Waals surface area contributed by atoms with Gasteiger partial charge >= 0.3 is 0 Å². The topological polar surface area (TPSA) is 86.8 Å². The van der Waals surface area contributed by atoms with Crippen LogP contribution in [0, 0.1) is 6.92 Å². The Morgan fingerprint density at radius 2 is 1.65 bits per heavy atom. The van der Waals surface area contributed by atoms with Crippen LogP contribution in [0.3, 0.4) is 0 Å². The second-order valence-corrected chi connectivity index (χ2v) is 10.1. The summed E-state index contributed by atoms with van der Waals surface area (Å²) in [6.45, 7) is 5.62. The average Bonchev–Trinajstić information content (AvgIpc) is 2.71. The van der Waals surface area contributed by atoms with Crippen molar-refractivity contribution < 1.29 is 18.0 Å². The Bertz CT molecular complexity index is 1010. The number of rotatable bonds is 9. The van der Waals surface area contributed by atoms with Crippen molar-refractivity contribution in [1.82, 2.24) is 10.2 Å². The van der Waals surface area contributed by atoms with Crippen LogP contribution in [0.5, 0.6) is 0 Å². The van der Waals surface area contributed by atoms with E-state index >= 15 is 0 Å². The molecule has 0 bridgehead atoms. The van der Waals surface area contributed by atoms with Gasteiger partial charge in [-0.2, -0.15) is 0 Å². The molecule has 0 saturated heterocycles. The summed E-state index contributed by atoms with van der Waals surface area (Å²) in [6.07, 6.45) is 1.06. The van der Waals surface area contributed by atoms with Crippen LogP contribution in [0.4, 0.5) is 5.69 Å². The molecule has 2 aromatic rings. The highest BCUT2D eigenvalue weighted by Crippen LogP contribution is 2.21. The number of carbonyl (C=O) groups is 2. The van der Waals surface area contributed by atoms with Crippen LogP contribution in [0.25, 0.3) is 0 Å². The van der Waals surface area contributed by atoms with Gasteiger partial charge in [-0.25, -0.2) is 8.42 Å². The van der Waals surface area contributed by atoms with Gasteiger partial charge in [0.1, 0.15) is 12.6 Å². The lowest BCUT2D eigenvalue weighted by atomic mass is 10.1. The number of hydrogen-bond donors (Lipinski definition) is 1. The minimum atomic E-state index is -3.72. The number of benzene rings is 2. The number of hydrogen-bond acceptors (Lipinski definition) is 4. The van der Waals surface area contributed by atoms with E-state index in [4.69, 9.17) is 0 Å². The first-order valence-corrected chi connectivity index (χ1v) is 12.5. The first-order valence-electron chi connectivity index (χ1n) is 9.89. The second kappa shape index (κ2) is 10.8. The molecule has 0 aliphatic heterocycles. The number of nitrogens with zero attached hydrogens (tertiary/aromatic N) is 2. The van der Waals surface area contributed by atoms with Gasteiger partial charge < -0.3 is 10.2 Å². The van der Waals surface area contributed by atoms with Crippen molar-refractivity contribution in [2.75, 3.05) is 23.7 Å². The molecule has 0 saturated carbocycles. The quantitative estimate of drug-likeness (QED) is 0.562. The van der Waals surface area contributed by atoms with Crippen LogP contribution < -0.4 is 9.62 Å². The molecule has 0 heterocycles. The van der Waals surface area contributed by atoms with E-state index in [9.17, 15) is 18.0 Å². The van der Waals surface area contributed by atoms with Crippen molar-refractivity contribution in [1.29, 1.82) is 0 Å². The summed E-state index contributed by atoms with van der Waals surface area (Å²) < 4.78 is 26.7. The fraction of sp³-hybridized carbons (Fsp3) is 0.364. The SMILES string of the molecule is CCNC(=O)[C@H](C)N(Cc1ccc(C)cc1)C(=O)CN(c1ccc(Br)cc1)S(C)(=O)=O. The normalized spacial score (nSPS) is 12.2. The summed E-state index contributed by atoms with van der Waals surface area (Å²) in [5.74, 6) is -0.759. The van der Waals surface area contributed by atoms with Gasteiger partial charge in [0.05, 0.1) is 11.9 Å². The summed E-state index contributed by atoms with van der Waals surface area (Å²) in [7, 11) is -3.72. The number of nitrogens with one attached hydrogen (secondary N) is 1. The lowest BCUT2D eigenvalue weighted by molar-refractivity contribution is -0.139. The number of aryl methyl sites for hydroxylation is 1. The number of likely N-dealkylation sites (N-methyl/N-ethyl adjacent to an activating group) is 1. The molecular formula is C22H28BrN3O4S. The molecule has 2 aromatic carbocycles. The van der Waals surface area contributed by atoms with Gasteiger partial charge in [0.15, 0.2) is 0 Å². The summed E-state index contributed by atoms with van der Waals surface area (Å²) in [5, 5.41) is 2.73. The maximum Gasteiger partial charge on any atom is 0.244 e. The lowest BCUT2D eigenvalue weighted by Gasteiger charge is -2.31. The molecule has 0 fully saturated rings. The molecule has 0 unspecified atom stereocenters. The van der Waals surface area contributed by atoms with E-state index in [1.165, 1.54) is 4.90 Å². The molecule has 0 radical (unpaired) electrons. The molecule has 0 aromatic heterocycles. The molecule has 0 aliphatic rings. The average molecular weight is 510 g/mol. The molecule has 31 heavy (non-hydrogen) atoms. The molecule has 168 valence electrons. The molecule has 0 aliphatic carbocycles. The minimum absolute atomic E-state index is 0.190. The standard InChI is InChI=1S/C22H28BrN3O4S/c1-5-24-22(28)17(3)25(14-18-8-6-16(2)7-9-18)21(27)15-26(31(4,29)30)20-12-10-19(23)11-13-20/h6-13,17H,5,14-15H2,1-4H3,(H,24,28)/t17-/m0/s1. The number of amides is 2. The van der Waals surface area contributed by atoms with Gasteiger partial charge in [-0.3, -0.25) is 13.9 Å². The van der Waals surface area contributed by atoms with E-state index < -0.39 is 28.5 Å². The minimum Gasteiger partial charge on any atom is -0.355 e. The third kappa shape index (κ3) is 7.07. The maximum atomic E-state index is 13.3. The lowest BCUT2D eigenvalue weighted by Crippen LogP contribution is -2.51. The Kier molecular flexibility index (Phi) is 8.64. The summed E-state index contributed by atoms with van der Waals surface area (Å²) in [6, 6.07) is 13.5. The molecular weight excluding hydrogens is 482 g/mol. The van der Waals surface area contributed by atoms with Crippen molar-refractivity contribution in [3.05, 3.63) is 64.1 Å². The highest BCUT2D eigenvalue weighted by molar-refractivity contribution is 9.10. The fourth-order valence-electron chi connectivity index (χ4n) is 3.02. The number of halogens is 1. The van der Waals surface area contributed by atoms with Crippen LogP contribution in [-0.4, -0.2) is 50.5 Å². The van der Waals surface area contributed by atoms with Gasteiger partial charge in [-0.05, 0) is 50.6 Å². The third-order valence-electron chi connectivity index (χ3n) is 4.79. The number of carbonyl (C=O) groups excluding carboxylic acids is 2. The third-order valence-corrected chi connectivity index (χ3v) is 6.45. The van der Waals surface area contributed by atoms with Gasteiger partial charge in [0.25, 0.3) is 0 Å². The van der Waals surface area contributed by atoms with Crippen molar-refractivity contribution in [2.24, 2.45) is 0 Å². The predicted octanol–water partition coefficient (Wildman–Crippen LogP) is 3.08. The first kappa shape index (κ1) is 24.9. The van der Waals surface area contributed by atoms with Crippen LogP contribution >= 0.6 is 15.9 Å². The Morgan fingerprint density at radius 3 is 2.16 bits per heavy atom. The van der Waals surface area contributed by atoms with E-state index in [2.05, 4.69) is 21.2 Å². The van der Waals surface area contributed by atoms with Crippen LogP contribution in [0.15, 0.2) is 53.0 Å². The first-order chi connectivity index (χ1) is 14.5. The van der Waals surface area contributed by atoms with Crippen molar-refractivity contribution in [3.8, 4) is 0 Å². The van der Waals surface area contributed by atoms with Crippen LogP contribution in [0.1, 0.15) is 25.0 Å². The highest BCUT2D eigenvalue weighted by Gasteiger charge is 2.29. The zero-order chi connectivity index (χ0) is 23.2. The molecule has 1 atom stereocenters. The summed E-state index contributed by atoms with van der Waals surface area (Å²) >= 11 is 3.32. The van der Waals surface area contributed by atoms with Gasteiger partial charge in [-0.15, -0.1) is 0 Å². The van der Waals surface area contributed by atoms with Gasteiger partial charge in [-0.1, -0.05) is 45.8 Å². The van der Waals surface area contributed by atoms with Gasteiger partial charge in [0.2, 0.25) is 21.8 Å². The molecule has 9 heteroatoms. The largest absolute Gasteiger partial charge is 0.355 e. The van der Waals surface area contributed by atoms with E-state index in [-0.39, 0.29) is 12.5 Å². The Hall–Kier alpha value is -2.39. The van der Waals surface area contributed by atoms with E-state index in [0.717, 1.165) is 26.2 Å². The fourth-order valence-corrected chi connectivity index (χ4v) is 4.13. The van der Waals surface area contributed by atoms with Crippen LogP contribution in [0.2, 0.25) is 0 Å².